The standard InChI is InChI=1S/C5H12OSi.H3N.H2O4S/c7-5-3-1-2-4-6-5;;1-5(2,3)4/h5H,1-4H2,7H3;1H3;(H2,1,2,3,4). The molecule has 0 aromatic heterocycles. The molecule has 1 saturated heterocycles. The lowest BCUT2D eigenvalue weighted by atomic mass is 10.2. The van der Waals surface area contributed by atoms with Gasteiger partial charge in [0.2, 0.25) is 0 Å². The van der Waals surface area contributed by atoms with Gasteiger partial charge >= 0.3 is 10.4 Å². The molecule has 0 aromatic rings. The summed E-state index contributed by atoms with van der Waals surface area (Å²) in [6, 6.07) is 0. The van der Waals surface area contributed by atoms with E-state index in [1.165, 1.54) is 29.5 Å². The second-order valence-corrected chi connectivity index (χ2v) is 4.81. The molecular weight excluding hydrogens is 214 g/mol. The third-order valence-corrected chi connectivity index (χ3v) is 2.32. The Kier molecular flexibility index (Phi) is 8.83. The maximum atomic E-state index is 8.74. The van der Waals surface area contributed by atoms with Crippen LogP contribution in [-0.2, 0) is 15.1 Å². The highest BCUT2D eigenvalue weighted by molar-refractivity contribution is 7.79. The van der Waals surface area contributed by atoms with Crippen molar-refractivity contribution in [3.05, 3.63) is 0 Å². The average Bonchev–Trinajstić information content (AvgIpc) is 1.85. The van der Waals surface area contributed by atoms with Crippen molar-refractivity contribution >= 4 is 20.6 Å². The van der Waals surface area contributed by atoms with Gasteiger partial charge in [0.05, 0.1) is 0 Å². The smallest absolute Gasteiger partial charge is 0.383 e. The molecule has 8 heteroatoms. The average molecular weight is 231 g/mol. The fourth-order valence-electron chi connectivity index (χ4n) is 0.902. The molecule has 1 unspecified atom stereocenters. The Labute approximate surface area is 81.3 Å². The third kappa shape index (κ3) is 18.8. The van der Waals surface area contributed by atoms with Crippen LogP contribution in [0.3, 0.4) is 0 Å². The molecule has 82 valence electrons. The summed E-state index contributed by atoms with van der Waals surface area (Å²) in [6.45, 7) is 1.02. The second kappa shape index (κ2) is 7.41. The van der Waals surface area contributed by atoms with Gasteiger partial charge in [0.1, 0.15) is 0 Å². The normalized spacial score (nSPS) is 22.5. The third-order valence-electron chi connectivity index (χ3n) is 1.41. The van der Waals surface area contributed by atoms with Crippen LogP contribution < -0.4 is 6.15 Å². The van der Waals surface area contributed by atoms with E-state index in [0.717, 1.165) is 6.61 Å². The quantitative estimate of drug-likeness (QED) is 0.378. The van der Waals surface area contributed by atoms with Crippen LogP contribution in [0.1, 0.15) is 19.3 Å². The van der Waals surface area contributed by atoms with Crippen LogP contribution in [-0.4, -0.2) is 40.1 Å². The fourth-order valence-corrected chi connectivity index (χ4v) is 1.55. The number of ether oxygens (including phenoxy) is 1. The molecule has 13 heavy (non-hydrogen) atoms. The number of rotatable bonds is 0. The Morgan fingerprint density at radius 3 is 1.92 bits per heavy atom. The number of hydrogen-bond acceptors (Lipinski definition) is 4. The second-order valence-electron chi connectivity index (χ2n) is 2.63. The highest BCUT2D eigenvalue weighted by atomic mass is 32.3. The summed E-state index contributed by atoms with van der Waals surface area (Å²) in [5, 5.41) is 0. The largest absolute Gasteiger partial charge is 0.394 e. The maximum Gasteiger partial charge on any atom is 0.394 e. The van der Waals surface area contributed by atoms with Crippen molar-refractivity contribution in [3.63, 3.8) is 0 Å². The Balaban J connectivity index is 0. The minimum Gasteiger partial charge on any atom is -0.383 e. The van der Waals surface area contributed by atoms with E-state index < -0.39 is 10.4 Å². The molecule has 6 nitrogen and oxygen atoms in total. The van der Waals surface area contributed by atoms with Gasteiger partial charge in [-0.3, -0.25) is 9.11 Å². The first kappa shape index (κ1) is 15.5. The molecule has 1 aliphatic rings. The van der Waals surface area contributed by atoms with Crippen molar-refractivity contribution in [3.8, 4) is 0 Å². The molecule has 0 aromatic carbocycles. The molecule has 0 radical (unpaired) electrons. The molecule has 0 spiro atoms. The fraction of sp³-hybridized carbons (Fsp3) is 1.00. The van der Waals surface area contributed by atoms with Crippen molar-refractivity contribution in [2.75, 3.05) is 6.61 Å². The highest BCUT2D eigenvalue weighted by Gasteiger charge is 2.05. The molecule has 1 atom stereocenters. The predicted molar refractivity (Wildman–Crippen MR) is 52.7 cm³/mol. The van der Waals surface area contributed by atoms with Gasteiger partial charge in [-0.25, -0.2) is 0 Å². The zero-order valence-electron chi connectivity index (χ0n) is 7.64. The van der Waals surface area contributed by atoms with Crippen LogP contribution in [0.15, 0.2) is 0 Å². The van der Waals surface area contributed by atoms with Gasteiger partial charge in [-0.1, -0.05) is 0 Å². The van der Waals surface area contributed by atoms with E-state index in [9.17, 15) is 0 Å². The van der Waals surface area contributed by atoms with E-state index in [-0.39, 0.29) is 6.15 Å². The Morgan fingerprint density at radius 2 is 1.77 bits per heavy atom. The predicted octanol–water partition coefficient (Wildman–Crippen LogP) is -0.612. The van der Waals surface area contributed by atoms with E-state index in [4.69, 9.17) is 22.3 Å². The van der Waals surface area contributed by atoms with Crippen molar-refractivity contribution in [2.45, 2.75) is 25.0 Å². The minimum atomic E-state index is -4.67. The van der Waals surface area contributed by atoms with Gasteiger partial charge in [0, 0.05) is 22.6 Å². The van der Waals surface area contributed by atoms with Crippen LogP contribution in [0, 0.1) is 0 Å². The van der Waals surface area contributed by atoms with Gasteiger partial charge < -0.3 is 10.9 Å². The van der Waals surface area contributed by atoms with E-state index in [2.05, 4.69) is 0 Å². The van der Waals surface area contributed by atoms with Gasteiger partial charge in [-0.05, 0) is 19.3 Å². The number of hydrogen-bond donors (Lipinski definition) is 3. The van der Waals surface area contributed by atoms with Crippen molar-refractivity contribution in [2.24, 2.45) is 0 Å². The van der Waals surface area contributed by atoms with Gasteiger partial charge in [-0.2, -0.15) is 8.42 Å². The summed E-state index contributed by atoms with van der Waals surface area (Å²) in [6.07, 6.45) is 4.01. The minimum absolute atomic E-state index is 0. The summed E-state index contributed by atoms with van der Waals surface area (Å²) < 4.78 is 36.9. The molecule has 1 heterocycles. The zero-order chi connectivity index (χ0) is 9.61. The lowest BCUT2D eigenvalue weighted by Crippen LogP contribution is -2.18. The van der Waals surface area contributed by atoms with Gasteiger partial charge in [-0.15, -0.1) is 0 Å². The first-order chi connectivity index (χ1) is 5.39. The van der Waals surface area contributed by atoms with Gasteiger partial charge in [0.15, 0.2) is 0 Å². The molecule has 1 fully saturated rings. The molecule has 0 amide bonds. The molecule has 5 N–H and O–H groups in total. The molecule has 0 saturated carbocycles. The summed E-state index contributed by atoms with van der Waals surface area (Å²) in [4.78, 5) is 0. The lowest BCUT2D eigenvalue weighted by Gasteiger charge is -2.17. The van der Waals surface area contributed by atoms with E-state index in [0.29, 0.717) is 5.73 Å². The van der Waals surface area contributed by atoms with Crippen molar-refractivity contribution in [1.29, 1.82) is 0 Å². The SMILES string of the molecule is N.O=S(=O)(O)O.[SiH3]C1CCCCO1. The van der Waals surface area contributed by atoms with Gasteiger partial charge in [0.25, 0.3) is 0 Å². The van der Waals surface area contributed by atoms with Crippen molar-refractivity contribution < 1.29 is 22.3 Å². The molecule has 1 aliphatic heterocycles. The Morgan fingerprint density at radius 1 is 1.31 bits per heavy atom. The Bertz CT molecular complexity index is 193. The van der Waals surface area contributed by atoms with Crippen LogP contribution >= 0.6 is 0 Å². The first-order valence-corrected chi connectivity index (χ1v) is 6.26. The summed E-state index contributed by atoms with van der Waals surface area (Å²) in [5.41, 5.74) is 0.675. The van der Waals surface area contributed by atoms with E-state index in [1.807, 2.05) is 0 Å². The lowest BCUT2D eigenvalue weighted by molar-refractivity contribution is 0.0675. The van der Waals surface area contributed by atoms with E-state index in [1.54, 1.807) is 0 Å². The summed E-state index contributed by atoms with van der Waals surface area (Å²) in [7, 11) is -3.44. The van der Waals surface area contributed by atoms with Crippen LogP contribution in [0.5, 0.6) is 0 Å². The van der Waals surface area contributed by atoms with Crippen LogP contribution in [0.4, 0.5) is 0 Å². The molecule has 0 aliphatic carbocycles. The van der Waals surface area contributed by atoms with Crippen LogP contribution in [0.2, 0.25) is 0 Å². The monoisotopic (exact) mass is 231 g/mol. The summed E-state index contributed by atoms with van der Waals surface area (Å²) >= 11 is 0. The topological polar surface area (TPSA) is 119 Å². The van der Waals surface area contributed by atoms with Crippen LogP contribution in [0.25, 0.3) is 0 Å². The maximum absolute atomic E-state index is 8.74. The molecule has 1 rings (SSSR count). The summed E-state index contributed by atoms with van der Waals surface area (Å²) in [5.74, 6) is 0. The molecular formula is C5H17NO5SSi. The van der Waals surface area contributed by atoms with E-state index >= 15 is 0 Å². The van der Waals surface area contributed by atoms with Crippen molar-refractivity contribution in [1.82, 2.24) is 6.15 Å². The highest BCUT2D eigenvalue weighted by Crippen LogP contribution is 2.08. The molecule has 0 bridgehead atoms. The zero-order valence-corrected chi connectivity index (χ0v) is 10.5. The first-order valence-electron chi connectivity index (χ1n) is 3.71. The Hall–Kier alpha value is 0.00688.